The van der Waals surface area contributed by atoms with Gasteiger partial charge in [0.1, 0.15) is 0 Å². The Morgan fingerprint density at radius 3 is 2.50 bits per heavy atom. The van der Waals surface area contributed by atoms with Gasteiger partial charge < -0.3 is 14.2 Å². The van der Waals surface area contributed by atoms with Gasteiger partial charge >= 0.3 is 0 Å². The molecular weight excluding hydrogens is 380 g/mol. The summed E-state index contributed by atoms with van der Waals surface area (Å²) >= 11 is 0. The first-order chi connectivity index (χ1) is 13.5. The van der Waals surface area contributed by atoms with Crippen LogP contribution in [0, 0.1) is 6.92 Å². The molecule has 0 radical (unpaired) electrons. The van der Waals surface area contributed by atoms with Crippen LogP contribution in [0.2, 0.25) is 0 Å². The normalized spacial score (nSPS) is 18.2. The largest absolute Gasteiger partial charge is 0.454 e. The Hall–Kier alpha value is -2.13. The molecule has 2 aliphatic rings. The second kappa shape index (κ2) is 8.08. The Morgan fingerprint density at radius 1 is 1.04 bits per heavy atom. The Kier molecular flexibility index (Phi) is 5.54. The smallest absolute Gasteiger partial charge is 0.240 e. The number of aryl methyl sites for hydroxylation is 1. The van der Waals surface area contributed by atoms with Gasteiger partial charge in [-0.15, -0.1) is 0 Å². The summed E-state index contributed by atoms with van der Waals surface area (Å²) in [6.45, 7) is 5.14. The van der Waals surface area contributed by atoms with Crippen LogP contribution in [0.4, 0.5) is 0 Å². The van der Waals surface area contributed by atoms with Gasteiger partial charge in [-0.2, -0.15) is 0 Å². The molecule has 1 fully saturated rings. The lowest BCUT2D eigenvalue weighted by Gasteiger charge is -2.35. The molecule has 0 spiro atoms. The summed E-state index contributed by atoms with van der Waals surface area (Å²) < 4.78 is 44.6. The minimum atomic E-state index is -3.59. The maximum Gasteiger partial charge on any atom is 0.240 e. The van der Waals surface area contributed by atoms with Gasteiger partial charge in [-0.1, -0.05) is 23.8 Å². The number of nitrogens with one attached hydrogen (secondary N) is 1. The minimum absolute atomic E-state index is 0.126. The van der Waals surface area contributed by atoms with Crippen molar-refractivity contribution in [2.24, 2.45) is 0 Å². The van der Waals surface area contributed by atoms with E-state index in [4.69, 9.17) is 14.2 Å². The van der Waals surface area contributed by atoms with E-state index in [0.29, 0.717) is 24.7 Å². The molecule has 8 heteroatoms. The average Bonchev–Trinajstić information content (AvgIpc) is 3.17. The van der Waals surface area contributed by atoms with Crippen LogP contribution in [0.5, 0.6) is 11.5 Å². The third-order valence-corrected chi connectivity index (χ3v) is 6.51. The van der Waals surface area contributed by atoms with Gasteiger partial charge in [0.25, 0.3) is 0 Å². The van der Waals surface area contributed by atoms with Crippen LogP contribution in [-0.2, 0) is 14.8 Å². The Bertz CT molecular complexity index is 924. The number of morpholine rings is 1. The number of ether oxygens (including phenoxy) is 3. The number of benzene rings is 2. The Labute approximate surface area is 165 Å². The third-order valence-electron chi connectivity index (χ3n) is 5.07. The molecule has 0 unspecified atom stereocenters. The number of hydrogen-bond donors (Lipinski definition) is 1. The highest BCUT2D eigenvalue weighted by molar-refractivity contribution is 7.89. The molecule has 2 aliphatic heterocycles. The topological polar surface area (TPSA) is 77.1 Å². The monoisotopic (exact) mass is 404 g/mol. The van der Waals surface area contributed by atoms with Crippen LogP contribution in [0.15, 0.2) is 47.4 Å². The first-order valence-corrected chi connectivity index (χ1v) is 10.8. The molecule has 0 amide bonds. The number of nitrogens with zero attached hydrogens (tertiary/aromatic N) is 1. The highest BCUT2D eigenvalue weighted by Gasteiger charge is 2.27. The van der Waals surface area contributed by atoms with Crippen LogP contribution in [0.3, 0.4) is 0 Å². The van der Waals surface area contributed by atoms with Gasteiger partial charge in [0.15, 0.2) is 11.5 Å². The standard InChI is InChI=1S/C20H24N2O5S/c1-15-2-5-17(6-3-15)28(23,24)21-13-18(22-8-10-25-11-9-22)16-4-7-19-20(12-16)27-14-26-19/h2-7,12,18,21H,8-11,13-14H2,1H3/t18-/m1/s1. The van der Waals surface area contributed by atoms with E-state index in [0.717, 1.165) is 24.2 Å². The number of sulfonamides is 1. The van der Waals surface area contributed by atoms with Crippen molar-refractivity contribution in [1.29, 1.82) is 0 Å². The zero-order chi connectivity index (χ0) is 19.6. The summed E-state index contributed by atoms with van der Waals surface area (Å²) in [6, 6.07) is 12.5. The van der Waals surface area contributed by atoms with Gasteiger partial charge in [0.2, 0.25) is 16.8 Å². The van der Waals surface area contributed by atoms with Crippen molar-refractivity contribution in [2.45, 2.75) is 17.9 Å². The lowest BCUT2D eigenvalue weighted by atomic mass is 10.0. The molecule has 0 aromatic heterocycles. The van der Waals surface area contributed by atoms with E-state index in [9.17, 15) is 8.42 Å². The van der Waals surface area contributed by atoms with Crippen LogP contribution in [-0.4, -0.2) is 53.0 Å². The second-order valence-corrected chi connectivity index (χ2v) is 8.71. The van der Waals surface area contributed by atoms with Crippen molar-refractivity contribution < 1.29 is 22.6 Å². The fourth-order valence-electron chi connectivity index (χ4n) is 3.46. The molecule has 2 aromatic rings. The van der Waals surface area contributed by atoms with Crippen LogP contribution < -0.4 is 14.2 Å². The zero-order valence-electron chi connectivity index (χ0n) is 15.8. The molecule has 0 bridgehead atoms. The molecule has 4 rings (SSSR count). The van der Waals surface area contributed by atoms with Gasteiger partial charge in [0.05, 0.1) is 18.1 Å². The molecule has 7 nitrogen and oxygen atoms in total. The first kappa shape index (κ1) is 19.2. The van der Waals surface area contributed by atoms with E-state index in [1.54, 1.807) is 24.3 Å². The van der Waals surface area contributed by atoms with Crippen molar-refractivity contribution >= 4 is 10.0 Å². The minimum Gasteiger partial charge on any atom is -0.454 e. The lowest BCUT2D eigenvalue weighted by Crippen LogP contribution is -2.43. The predicted octanol–water partition coefficient (Wildman–Crippen LogP) is 2.08. The molecule has 2 aromatic carbocycles. The Balaban J connectivity index is 1.56. The van der Waals surface area contributed by atoms with Crippen LogP contribution >= 0.6 is 0 Å². The summed E-state index contributed by atoms with van der Waals surface area (Å²) in [4.78, 5) is 2.50. The fraction of sp³-hybridized carbons (Fsp3) is 0.400. The predicted molar refractivity (Wildman–Crippen MR) is 104 cm³/mol. The highest BCUT2D eigenvalue weighted by atomic mass is 32.2. The van der Waals surface area contributed by atoms with E-state index < -0.39 is 10.0 Å². The van der Waals surface area contributed by atoms with Crippen molar-refractivity contribution in [1.82, 2.24) is 9.62 Å². The summed E-state index contributed by atoms with van der Waals surface area (Å²) in [5, 5.41) is 0. The molecular formula is C20H24N2O5S. The fourth-order valence-corrected chi connectivity index (χ4v) is 4.50. The summed E-state index contributed by atoms with van der Waals surface area (Å²) in [7, 11) is -3.59. The number of hydrogen-bond acceptors (Lipinski definition) is 6. The maximum absolute atomic E-state index is 12.8. The molecule has 150 valence electrons. The van der Waals surface area contributed by atoms with Crippen LogP contribution in [0.25, 0.3) is 0 Å². The van der Waals surface area contributed by atoms with Gasteiger partial charge in [0, 0.05) is 25.7 Å². The molecule has 28 heavy (non-hydrogen) atoms. The Morgan fingerprint density at radius 2 is 1.75 bits per heavy atom. The summed E-state index contributed by atoms with van der Waals surface area (Å²) in [6.07, 6.45) is 0. The molecule has 0 saturated carbocycles. The quantitative estimate of drug-likeness (QED) is 0.794. The van der Waals surface area contributed by atoms with E-state index in [2.05, 4.69) is 9.62 Å². The first-order valence-electron chi connectivity index (χ1n) is 9.31. The summed E-state index contributed by atoms with van der Waals surface area (Å²) in [5.41, 5.74) is 2.00. The SMILES string of the molecule is Cc1ccc(S(=O)(=O)NC[C@H](c2ccc3c(c2)OCO3)N2CCOCC2)cc1. The van der Waals surface area contributed by atoms with E-state index in [1.165, 1.54) is 0 Å². The molecule has 0 aliphatic carbocycles. The lowest BCUT2D eigenvalue weighted by molar-refractivity contribution is 0.0171. The van der Waals surface area contributed by atoms with E-state index in [-0.39, 0.29) is 24.3 Å². The van der Waals surface area contributed by atoms with Gasteiger partial charge in [-0.05, 0) is 36.8 Å². The maximum atomic E-state index is 12.8. The van der Waals surface area contributed by atoms with E-state index >= 15 is 0 Å². The molecule has 2 heterocycles. The van der Waals surface area contributed by atoms with Gasteiger partial charge in [-0.3, -0.25) is 4.90 Å². The van der Waals surface area contributed by atoms with Gasteiger partial charge in [-0.25, -0.2) is 13.1 Å². The zero-order valence-corrected chi connectivity index (χ0v) is 16.6. The summed E-state index contributed by atoms with van der Waals surface area (Å²) in [5.74, 6) is 1.40. The van der Waals surface area contributed by atoms with Crippen molar-refractivity contribution in [3.63, 3.8) is 0 Å². The third kappa shape index (κ3) is 4.15. The second-order valence-electron chi connectivity index (χ2n) is 6.94. The van der Waals surface area contributed by atoms with E-state index in [1.807, 2.05) is 25.1 Å². The highest BCUT2D eigenvalue weighted by Crippen LogP contribution is 2.35. The molecule has 1 N–H and O–H groups in total. The van der Waals surface area contributed by atoms with Crippen molar-refractivity contribution in [3.05, 3.63) is 53.6 Å². The van der Waals surface area contributed by atoms with Crippen molar-refractivity contribution in [3.8, 4) is 11.5 Å². The molecule has 1 saturated heterocycles. The average molecular weight is 404 g/mol. The van der Waals surface area contributed by atoms with Crippen LogP contribution in [0.1, 0.15) is 17.2 Å². The van der Waals surface area contributed by atoms with Crippen molar-refractivity contribution in [2.75, 3.05) is 39.6 Å². The number of rotatable bonds is 6. The number of fused-ring (bicyclic) bond motifs is 1. The molecule has 1 atom stereocenters.